The Balaban J connectivity index is 2.06. The molecular formula is C18H16O2. The third-order valence-electron chi connectivity index (χ3n) is 4.40. The highest BCUT2D eigenvalue weighted by atomic mass is 16.5. The lowest BCUT2D eigenvalue weighted by Crippen LogP contribution is -2.27. The van der Waals surface area contributed by atoms with Crippen LogP contribution >= 0.6 is 0 Å². The lowest BCUT2D eigenvalue weighted by Gasteiger charge is -2.27. The van der Waals surface area contributed by atoms with Gasteiger partial charge in [-0.15, -0.1) is 0 Å². The minimum absolute atomic E-state index is 0.249. The summed E-state index contributed by atoms with van der Waals surface area (Å²) in [4.78, 5) is 0. The van der Waals surface area contributed by atoms with Gasteiger partial charge in [0.05, 0.1) is 0 Å². The first-order valence-corrected chi connectivity index (χ1v) is 7.01. The predicted molar refractivity (Wildman–Crippen MR) is 80.3 cm³/mol. The van der Waals surface area contributed by atoms with Gasteiger partial charge in [-0.25, -0.2) is 0 Å². The zero-order valence-corrected chi connectivity index (χ0v) is 11.1. The highest BCUT2D eigenvalue weighted by Gasteiger charge is 2.30. The van der Waals surface area contributed by atoms with E-state index in [4.69, 9.17) is 0 Å². The molecule has 0 radical (unpaired) electrons. The SMILES string of the molecule is OC1(O)CC=Cc2c1ccc1c3c(ccc21)CC=CC3. The van der Waals surface area contributed by atoms with E-state index in [1.54, 1.807) is 0 Å². The van der Waals surface area contributed by atoms with Gasteiger partial charge in [0.25, 0.3) is 0 Å². The molecule has 4 rings (SSSR count). The number of rotatable bonds is 0. The maximum Gasteiger partial charge on any atom is 0.193 e. The lowest BCUT2D eigenvalue weighted by atomic mass is 9.84. The largest absolute Gasteiger partial charge is 0.362 e. The number of hydrogen-bond acceptors (Lipinski definition) is 2. The fourth-order valence-corrected chi connectivity index (χ4v) is 3.36. The molecule has 0 spiro atoms. The first-order chi connectivity index (χ1) is 9.67. The van der Waals surface area contributed by atoms with Crippen molar-refractivity contribution in [1.29, 1.82) is 0 Å². The third-order valence-corrected chi connectivity index (χ3v) is 4.40. The molecule has 0 bridgehead atoms. The van der Waals surface area contributed by atoms with E-state index in [0.717, 1.165) is 23.8 Å². The smallest absolute Gasteiger partial charge is 0.193 e. The van der Waals surface area contributed by atoms with Crippen LogP contribution in [0.3, 0.4) is 0 Å². The fourth-order valence-electron chi connectivity index (χ4n) is 3.36. The van der Waals surface area contributed by atoms with Gasteiger partial charge in [0.15, 0.2) is 5.79 Å². The molecule has 0 aromatic heterocycles. The minimum Gasteiger partial charge on any atom is -0.362 e. The molecule has 0 amide bonds. The molecule has 20 heavy (non-hydrogen) atoms. The van der Waals surface area contributed by atoms with Crippen molar-refractivity contribution in [3.8, 4) is 0 Å². The van der Waals surface area contributed by atoms with E-state index >= 15 is 0 Å². The third kappa shape index (κ3) is 1.59. The molecule has 2 aromatic carbocycles. The van der Waals surface area contributed by atoms with Gasteiger partial charge in [0.1, 0.15) is 0 Å². The van der Waals surface area contributed by atoms with E-state index in [0.29, 0.717) is 5.56 Å². The normalized spacial score (nSPS) is 18.9. The Kier molecular flexibility index (Phi) is 2.40. The van der Waals surface area contributed by atoms with Crippen LogP contribution < -0.4 is 0 Å². The Morgan fingerprint density at radius 2 is 1.65 bits per heavy atom. The van der Waals surface area contributed by atoms with E-state index in [2.05, 4.69) is 24.3 Å². The average Bonchev–Trinajstić information content (AvgIpc) is 2.46. The summed E-state index contributed by atoms with van der Waals surface area (Å²) in [5, 5.41) is 22.6. The van der Waals surface area contributed by atoms with Gasteiger partial charge in [0, 0.05) is 12.0 Å². The first kappa shape index (κ1) is 11.9. The molecular weight excluding hydrogens is 248 g/mol. The van der Waals surface area contributed by atoms with Crippen LogP contribution in [0.5, 0.6) is 0 Å². The number of hydrogen-bond donors (Lipinski definition) is 2. The van der Waals surface area contributed by atoms with E-state index in [-0.39, 0.29) is 6.42 Å². The molecule has 2 N–H and O–H groups in total. The molecule has 0 fully saturated rings. The molecule has 2 nitrogen and oxygen atoms in total. The second kappa shape index (κ2) is 4.05. The summed E-state index contributed by atoms with van der Waals surface area (Å²) in [5.74, 6) is -1.74. The van der Waals surface area contributed by atoms with Gasteiger partial charge in [-0.1, -0.05) is 48.6 Å². The number of aliphatic hydroxyl groups is 2. The van der Waals surface area contributed by atoms with Crippen molar-refractivity contribution in [2.24, 2.45) is 0 Å². The molecule has 100 valence electrons. The molecule has 0 saturated carbocycles. The second-order valence-corrected chi connectivity index (χ2v) is 5.63. The van der Waals surface area contributed by atoms with E-state index < -0.39 is 5.79 Å². The summed E-state index contributed by atoms with van der Waals surface area (Å²) in [6.07, 6.45) is 10.5. The maximum atomic E-state index is 10.1. The summed E-state index contributed by atoms with van der Waals surface area (Å²) < 4.78 is 0. The second-order valence-electron chi connectivity index (χ2n) is 5.63. The van der Waals surface area contributed by atoms with E-state index in [1.807, 2.05) is 24.3 Å². The summed E-state index contributed by atoms with van der Waals surface area (Å²) >= 11 is 0. The van der Waals surface area contributed by atoms with E-state index in [9.17, 15) is 10.2 Å². The number of benzene rings is 2. The molecule has 0 aliphatic heterocycles. The molecule has 0 unspecified atom stereocenters. The molecule has 2 heteroatoms. The topological polar surface area (TPSA) is 40.5 Å². The Labute approximate surface area is 117 Å². The van der Waals surface area contributed by atoms with Crippen LogP contribution in [0.4, 0.5) is 0 Å². The van der Waals surface area contributed by atoms with Crippen molar-refractivity contribution in [3.63, 3.8) is 0 Å². The summed E-state index contributed by atoms with van der Waals surface area (Å²) in [7, 11) is 0. The van der Waals surface area contributed by atoms with Crippen LogP contribution in [0.1, 0.15) is 28.7 Å². The highest BCUT2D eigenvalue weighted by molar-refractivity contribution is 5.95. The van der Waals surface area contributed by atoms with Crippen molar-refractivity contribution >= 4 is 16.8 Å². The van der Waals surface area contributed by atoms with E-state index in [1.165, 1.54) is 16.5 Å². The molecule has 0 atom stereocenters. The predicted octanol–water partition coefficient (Wildman–Crippen LogP) is 3.05. The molecule has 2 aromatic rings. The van der Waals surface area contributed by atoms with Gasteiger partial charge in [-0.3, -0.25) is 0 Å². The van der Waals surface area contributed by atoms with Gasteiger partial charge in [-0.2, -0.15) is 0 Å². The minimum atomic E-state index is -1.74. The molecule has 2 aliphatic rings. The van der Waals surface area contributed by atoms with Crippen molar-refractivity contribution in [3.05, 3.63) is 64.7 Å². The quantitative estimate of drug-likeness (QED) is 0.567. The van der Waals surface area contributed by atoms with Crippen LogP contribution in [0.25, 0.3) is 16.8 Å². The Morgan fingerprint density at radius 3 is 2.55 bits per heavy atom. The average molecular weight is 264 g/mol. The van der Waals surface area contributed by atoms with Crippen LogP contribution in [-0.4, -0.2) is 10.2 Å². The maximum absolute atomic E-state index is 10.1. The van der Waals surface area contributed by atoms with Crippen molar-refractivity contribution in [2.45, 2.75) is 25.0 Å². The van der Waals surface area contributed by atoms with Crippen molar-refractivity contribution < 1.29 is 10.2 Å². The Bertz CT molecular complexity index is 767. The molecule has 2 aliphatic carbocycles. The Hall–Kier alpha value is -1.90. The lowest BCUT2D eigenvalue weighted by molar-refractivity contribution is -0.166. The van der Waals surface area contributed by atoms with Crippen LogP contribution in [0, 0.1) is 0 Å². The standard InChI is InChI=1S/C18H16O2/c19-18(20)11-3-6-16-15-8-7-12-4-1-2-5-13(12)14(15)9-10-17(16)18/h1-3,6-10,19-20H,4-5,11H2. The van der Waals surface area contributed by atoms with Gasteiger partial charge >= 0.3 is 0 Å². The molecule has 0 heterocycles. The zero-order chi connectivity index (χ0) is 13.7. The summed E-state index contributed by atoms with van der Waals surface area (Å²) in [6.45, 7) is 0. The Morgan fingerprint density at radius 1 is 0.850 bits per heavy atom. The van der Waals surface area contributed by atoms with Crippen LogP contribution in [-0.2, 0) is 18.6 Å². The fraction of sp³-hybridized carbons (Fsp3) is 0.222. The first-order valence-electron chi connectivity index (χ1n) is 7.01. The summed E-state index contributed by atoms with van der Waals surface area (Å²) in [5.41, 5.74) is 4.29. The van der Waals surface area contributed by atoms with Crippen LogP contribution in [0.15, 0.2) is 42.5 Å². The summed E-state index contributed by atoms with van der Waals surface area (Å²) in [6, 6.07) is 8.17. The van der Waals surface area contributed by atoms with Crippen molar-refractivity contribution in [1.82, 2.24) is 0 Å². The highest BCUT2D eigenvalue weighted by Crippen LogP contribution is 2.38. The zero-order valence-electron chi connectivity index (χ0n) is 11.1. The van der Waals surface area contributed by atoms with Gasteiger partial charge in [0.2, 0.25) is 0 Å². The van der Waals surface area contributed by atoms with Crippen molar-refractivity contribution in [2.75, 3.05) is 0 Å². The molecule has 0 saturated heterocycles. The monoisotopic (exact) mass is 264 g/mol. The van der Waals surface area contributed by atoms with Gasteiger partial charge < -0.3 is 10.2 Å². The van der Waals surface area contributed by atoms with Gasteiger partial charge in [-0.05, 0) is 40.3 Å². The van der Waals surface area contributed by atoms with Crippen LogP contribution in [0.2, 0.25) is 0 Å². The number of fused-ring (bicyclic) bond motifs is 5. The number of allylic oxidation sites excluding steroid dienone is 2.